The Kier molecular flexibility index (Phi) is 5.16. The zero-order valence-electron chi connectivity index (χ0n) is 12.5. The molecule has 0 radical (unpaired) electrons. The first-order chi connectivity index (χ1) is 10.5. The van der Waals surface area contributed by atoms with Crippen LogP contribution in [0.3, 0.4) is 0 Å². The number of aryl methyl sites for hydroxylation is 1. The summed E-state index contributed by atoms with van der Waals surface area (Å²) in [5.74, 6) is -0.376. The first-order valence-electron chi connectivity index (χ1n) is 6.77. The molecule has 22 heavy (non-hydrogen) atoms. The summed E-state index contributed by atoms with van der Waals surface area (Å²) >= 11 is 1.62. The minimum atomic E-state index is -0.579. The van der Waals surface area contributed by atoms with Crippen molar-refractivity contribution in [2.75, 3.05) is 13.7 Å². The van der Waals surface area contributed by atoms with Crippen molar-refractivity contribution in [3.8, 4) is 5.75 Å². The van der Waals surface area contributed by atoms with E-state index >= 15 is 0 Å². The first-order valence-corrected chi connectivity index (χ1v) is 7.65. The highest BCUT2D eigenvalue weighted by molar-refractivity contribution is 7.10. The monoisotopic (exact) mass is 318 g/mol. The van der Waals surface area contributed by atoms with Gasteiger partial charge in [0, 0.05) is 11.9 Å². The van der Waals surface area contributed by atoms with Crippen molar-refractivity contribution in [2.24, 2.45) is 5.73 Å². The maximum absolute atomic E-state index is 12.6. The number of carbonyl (C=O) groups excluding carboxylic acids is 2. The molecule has 2 amide bonds. The smallest absolute Gasteiger partial charge is 0.257 e. The maximum atomic E-state index is 12.6. The van der Waals surface area contributed by atoms with Crippen LogP contribution in [0, 0.1) is 6.92 Å². The van der Waals surface area contributed by atoms with Crippen molar-refractivity contribution in [2.45, 2.75) is 13.5 Å². The van der Waals surface area contributed by atoms with Crippen LogP contribution in [-0.2, 0) is 11.3 Å². The second-order valence-electron chi connectivity index (χ2n) is 4.94. The number of nitrogens with zero attached hydrogens (tertiary/aromatic N) is 1. The van der Waals surface area contributed by atoms with E-state index in [-0.39, 0.29) is 12.5 Å². The van der Waals surface area contributed by atoms with Crippen LogP contribution in [0.4, 0.5) is 0 Å². The van der Waals surface area contributed by atoms with Gasteiger partial charge in [0.2, 0.25) is 0 Å². The zero-order valence-corrected chi connectivity index (χ0v) is 13.4. The van der Waals surface area contributed by atoms with E-state index < -0.39 is 5.91 Å². The lowest BCUT2D eigenvalue weighted by atomic mass is 10.1. The Bertz CT molecular complexity index is 682. The Morgan fingerprint density at radius 1 is 1.27 bits per heavy atom. The Morgan fingerprint density at radius 3 is 2.64 bits per heavy atom. The molecule has 1 heterocycles. The quantitative estimate of drug-likeness (QED) is 0.887. The van der Waals surface area contributed by atoms with Crippen molar-refractivity contribution in [3.63, 3.8) is 0 Å². The summed E-state index contributed by atoms with van der Waals surface area (Å²) in [5, 5.41) is 2.01. The molecule has 5 nitrogen and oxygen atoms in total. The molecule has 1 aromatic heterocycles. The summed E-state index contributed by atoms with van der Waals surface area (Å²) in [7, 11) is 1.74. The normalized spacial score (nSPS) is 10.3. The molecule has 0 aliphatic rings. The minimum Gasteiger partial charge on any atom is -0.483 e. The Hall–Kier alpha value is -2.34. The molecule has 0 unspecified atom stereocenters. The highest BCUT2D eigenvalue weighted by atomic mass is 32.1. The second-order valence-corrected chi connectivity index (χ2v) is 5.94. The van der Waals surface area contributed by atoms with Crippen LogP contribution < -0.4 is 10.5 Å². The molecule has 0 spiro atoms. The van der Waals surface area contributed by atoms with Gasteiger partial charge in [-0.1, -0.05) is 12.1 Å². The number of thiophene rings is 1. The highest BCUT2D eigenvalue weighted by Gasteiger charge is 2.18. The van der Waals surface area contributed by atoms with E-state index in [0.717, 1.165) is 4.88 Å². The van der Waals surface area contributed by atoms with Crippen LogP contribution in [0.15, 0.2) is 35.7 Å². The molecule has 6 heteroatoms. The molecule has 0 bridgehead atoms. The van der Waals surface area contributed by atoms with Crippen molar-refractivity contribution in [1.29, 1.82) is 0 Å². The zero-order chi connectivity index (χ0) is 16.1. The molecule has 0 atom stereocenters. The first kappa shape index (κ1) is 16.0. The number of carbonyl (C=O) groups is 2. The fourth-order valence-corrected chi connectivity index (χ4v) is 2.94. The van der Waals surface area contributed by atoms with Crippen LogP contribution >= 0.6 is 11.3 Å². The fourth-order valence-electron chi connectivity index (χ4n) is 1.98. The molecular formula is C16H18N2O3S. The van der Waals surface area contributed by atoms with Gasteiger partial charge in [0.25, 0.3) is 11.8 Å². The standard InChI is InChI=1S/C16H18N2O3S/c1-11-7-8-22-14(11)9-18(2)16(20)12-5-3-4-6-13(12)21-10-15(17)19/h3-8H,9-10H2,1-2H3,(H2,17,19). The SMILES string of the molecule is Cc1ccsc1CN(C)C(=O)c1ccccc1OCC(N)=O. The van der Waals surface area contributed by atoms with Crippen LogP contribution in [0.5, 0.6) is 5.75 Å². The van der Waals surface area contributed by atoms with Crippen LogP contribution in [0.2, 0.25) is 0 Å². The molecule has 0 aliphatic heterocycles. The van der Waals surface area contributed by atoms with Crippen molar-refractivity contribution in [1.82, 2.24) is 4.90 Å². The summed E-state index contributed by atoms with van der Waals surface area (Å²) in [6.07, 6.45) is 0. The summed E-state index contributed by atoms with van der Waals surface area (Å²) in [6, 6.07) is 8.87. The number of ether oxygens (including phenoxy) is 1. The molecule has 0 fully saturated rings. The van der Waals surface area contributed by atoms with Crippen molar-refractivity contribution < 1.29 is 14.3 Å². The molecular weight excluding hydrogens is 300 g/mol. The summed E-state index contributed by atoms with van der Waals surface area (Å²) < 4.78 is 5.31. The van der Waals surface area contributed by atoms with E-state index in [1.807, 2.05) is 18.4 Å². The molecule has 2 N–H and O–H groups in total. The third-order valence-corrected chi connectivity index (χ3v) is 4.19. The number of hydrogen-bond donors (Lipinski definition) is 1. The summed E-state index contributed by atoms with van der Waals surface area (Å²) in [4.78, 5) is 26.2. The predicted molar refractivity (Wildman–Crippen MR) is 86.0 cm³/mol. The Labute approximate surface area is 133 Å². The van der Waals surface area contributed by atoms with Gasteiger partial charge in [0.1, 0.15) is 5.75 Å². The predicted octanol–water partition coefficient (Wildman–Crippen LogP) is 2.19. The topological polar surface area (TPSA) is 72.6 Å². The molecule has 0 aliphatic carbocycles. The van der Waals surface area contributed by atoms with E-state index in [4.69, 9.17) is 10.5 Å². The lowest BCUT2D eigenvalue weighted by molar-refractivity contribution is -0.119. The van der Waals surface area contributed by atoms with E-state index in [9.17, 15) is 9.59 Å². The van der Waals surface area contributed by atoms with Crippen molar-refractivity contribution >= 4 is 23.2 Å². The van der Waals surface area contributed by atoms with E-state index in [1.165, 1.54) is 5.56 Å². The van der Waals surface area contributed by atoms with Gasteiger partial charge in [-0.15, -0.1) is 11.3 Å². The average Bonchev–Trinajstić information content (AvgIpc) is 2.90. The van der Waals surface area contributed by atoms with Gasteiger partial charge >= 0.3 is 0 Å². The van der Waals surface area contributed by atoms with Gasteiger partial charge < -0.3 is 15.4 Å². The van der Waals surface area contributed by atoms with Gasteiger partial charge in [0.05, 0.1) is 12.1 Å². The maximum Gasteiger partial charge on any atom is 0.257 e. The van der Waals surface area contributed by atoms with Crippen molar-refractivity contribution in [3.05, 3.63) is 51.7 Å². The fraction of sp³-hybridized carbons (Fsp3) is 0.250. The number of nitrogens with two attached hydrogens (primary N) is 1. The third kappa shape index (κ3) is 3.85. The summed E-state index contributed by atoms with van der Waals surface area (Å²) in [6.45, 7) is 2.30. The number of hydrogen-bond acceptors (Lipinski definition) is 4. The van der Waals surface area contributed by atoms with E-state index in [1.54, 1.807) is 47.5 Å². The molecule has 0 saturated heterocycles. The van der Waals surface area contributed by atoms with Crippen LogP contribution in [-0.4, -0.2) is 30.4 Å². The highest BCUT2D eigenvalue weighted by Crippen LogP contribution is 2.22. The molecule has 0 saturated carbocycles. The largest absolute Gasteiger partial charge is 0.483 e. The average molecular weight is 318 g/mol. The Morgan fingerprint density at radius 2 is 2.00 bits per heavy atom. The van der Waals surface area contributed by atoms with E-state index in [0.29, 0.717) is 17.9 Å². The van der Waals surface area contributed by atoms with Gasteiger partial charge in [-0.25, -0.2) is 0 Å². The minimum absolute atomic E-state index is 0.159. The van der Waals surface area contributed by atoms with Gasteiger partial charge in [-0.3, -0.25) is 9.59 Å². The third-order valence-electron chi connectivity index (χ3n) is 3.18. The number of benzene rings is 1. The van der Waals surface area contributed by atoms with Crippen LogP contribution in [0.1, 0.15) is 20.8 Å². The number of primary amides is 1. The van der Waals surface area contributed by atoms with Gasteiger partial charge in [0.15, 0.2) is 6.61 Å². The summed E-state index contributed by atoms with van der Waals surface area (Å²) in [5.41, 5.74) is 6.66. The lowest BCUT2D eigenvalue weighted by Crippen LogP contribution is -2.27. The molecule has 2 aromatic rings. The van der Waals surface area contributed by atoms with E-state index in [2.05, 4.69) is 0 Å². The number of amides is 2. The molecule has 2 rings (SSSR count). The molecule has 116 valence electrons. The number of rotatable bonds is 6. The van der Waals surface area contributed by atoms with Gasteiger partial charge in [-0.2, -0.15) is 0 Å². The second kappa shape index (κ2) is 7.09. The Balaban J connectivity index is 2.14. The van der Waals surface area contributed by atoms with Gasteiger partial charge in [-0.05, 0) is 36.1 Å². The molecule has 1 aromatic carbocycles. The number of para-hydroxylation sites is 1. The van der Waals surface area contributed by atoms with Crippen LogP contribution in [0.25, 0.3) is 0 Å². The lowest BCUT2D eigenvalue weighted by Gasteiger charge is -2.18.